The van der Waals surface area contributed by atoms with Crippen molar-refractivity contribution in [2.45, 2.75) is 67.7 Å². The van der Waals surface area contributed by atoms with Gasteiger partial charge < -0.3 is 14.9 Å². The number of ether oxygens (including phenoxy) is 1. The molecule has 1 fully saturated rings. The summed E-state index contributed by atoms with van der Waals surface area (Å²) in [5, 5.41) is 16.6. The number of allylic oxidation sites excluding steroid dienone is 4. The molecule has 7 nitrogen and oxygen atoms in total. The predicted octanol–water partition coefficient (Wildman–Crippen LogP) is 6.65. The lowest BCUT2D eigenvalue weighted by atomic mass is 10.0. The second-order valence-electron chi connectivity index (χ2n) is 7.04. The van der Waals surface area contributed by atoms with Gasteiger partial charge in [-0.25, -0.2) is 5.01 Å². The van der Waals surface area contributed by atoms with Gasteiger partial charge in [-0.3, -0.25) is 15.0 Å². The number of carbonyl (C=O) groups excluding carboxylic acids is 2. The lowest BCUT2D eigenvalue weighted by Gasteiger charge is -2.14. The average Bonchev–Trinajstić information content (AvgIpc) is 3.19. The number of hydrazine groups is 1. The van der Waals surface area contributed by atoms with E-state index >= 15 is 0 Å². The molecule has 1 aromatic rings. The van der Waals surface area contributed by atoms with Gasteiger partial charge in [-0.15, -0.1) is 26.3 Å². The van der Waals surface area contributed by atoms with E-state index in [4.69, 9.17) is 14.9 Å². The lowest BCUT2D eigenvalue weighted by molar-refractivity contribution is -0.127. The Morgan fingerprint density at radius 3 is 1.53 bits per heavy atom. The Morgan fingerprint density at radius 1 is 0.842 bits per heavy atom. The average molecular weight is 537 g/mol. The SMILES string of the molecule is C=CC.C=CC.C=CC.C=CC.CCCCC1C(=O)NN(c2ccccc2)C1=O.CCOCC.OCCO. The highest BCUT2D eigenvalue weighted by molar-refractivity contribution is 6.14. The molecular weight excluding hydrogens is 480 g/mol. The number of nitrogens with one attached hydrogen (secondary N) is 1. The van der Waals surface area contributed by atoms with E-state index in [0.717, 1.165) is 26.1 Å². The fourth-order valence-corrected chi connectivity index (χ4v) is 2.15. The molecule has 0 radical (unpaired) electrons. The summed E-state index contributed by atoms with van der Waals surface area (Å²) < 4.78 is 4.83. The zero-order chi connectivity index (χ0) is 30.6. The second-order valence-corrected chi connectivity index (χ2v) is 7.04. The van der Waals surface area contributed by atoms with Gasteiger partial charge in [-0.05, 0) is 60.1 Å². The number of benzene rings is 1. The van der Waals surface area contributed by atoms with Crippen LogP contribution in [0.3, 0.4) is 0 Å². The van der Waals surface area contributed by atoms with Crippen LogP contribution in [0.4, 0.5) is 5.69 Å². The Morgan fingerprint density at radius 2 is 1.24 bits per heavy atom. The van der Waals surface area contributed by atoms with Crippen LogP contribution in [0.2, 0.25) is 0 Å². The largest absolute Gasteiger partial charge is 0.394 e. The number of para-hydroxylation sites is 1. The normalized spacial score (nSPS) is 12.0. The number of hydrogen-bond donors (Lipinski definition) is 3. The molecule has 0 aromatic heterocycles. The summed E-state index contributed by atoms with van der Waals surface area (Å²) in [6.07, 6.45) is 9.51. The highest BCUT2D eigenvalue weighted by Gasteiger charge is 2.39. The van der Waals surface area contributed by atoms with Gasteiger partial charge in [0.15, 0.2) is 0 Å². The lowest BCUT2D eigenvalue weighted by Crippen LogP contribution is -2.35. The highest BCUT2D eigenvalue weighted by Crippen LogP contribution is 2.22. The maximum atomic E-state index is 12.1. The van der Waals surface area contributed by atoms with Gasteiger partial charge in [0.25, 0.3) is 11.8 Å². The molecule has 0 saturated carbocycles. The number of amides is 2. The molecule has 2 rings (SSSR count). The molecular formula is C31H56N2O5. The smallest absolute Gasteiger partial charge is 0.258 e. The third-order valence-electron chi connectivity index (χ3n) is 3.43. The summed E-state index contributed by atoms with van der Waals surface area (Å²) in [4.78, 5) is 23.8. The Bertz CT molecular complexity index is 635. The van der Waals surface area contributed by atoms with Crippen molar-refractivity contribution in [1.82, 2.24) is 5.43 Å². The molecule has 1 aliphatic heterocycles. The van der Waals surface area contributed by atoms with Crippen molar-refractivity contribution in [3.63, 3.8) is 0 Å². The quantitative estimate of drug-likeness (QED) is 0.267. The number of carbonyl (C=O) groups is 2. The number of aliphatic hydroxyl groups is 2. The predicted molar refractivity (Wildman–Crippen MR) is 165 cm³/mol. The zero-order valence-corrected chi connectivity index (χ0v) is 25.1. The Kier molecular flexibility index (Phi) is 48.7. The molecule has 7 heteroatoms. The van der Waals surface area contributed by atoms with Crippen LogP contribution >= 0.6 is 0 Å². The topological polar surface area (TPSA) is 99.1 Å². The Hall–Kier alpha value is -3.00. The van der Waals surface area contributed by atoms with E-state index < -0.39 is 5.92 Å². The number of aliphatic hydroxyl groups excluding tert-OH is 2. The second kappa shape index (κ2) is 41.1. The number of nitrogens with zero attached hydrogens (tertiary/aromatic N) is 1. The molecule has 1 unspecified atom stereocenters. The van der Waals surface area contributed by atoms with Crippen LogP contribution in [-0.2, 0) is 14.3 Å². The van der Waals surface area contributed by atoms with Crippen molar-refractivity contribution >= 4 is 17.5 Å². The Labute approximate surface area is 233 Å². The van der Waals surface area contributed by atoms with Crippen molar-refractivity contribution in [2.75, 3.05) is 31.4 Å². The van der Waals surface area contributed by atoms with E-state index in [2.05, 4.69) is 31.7 Å². The number of unbranched alkanes of at least 4 members (excludes halogenated alkanes) is 1. The van der Waals surface area contributed by atoms with E-state index in [1.807, 2.05) is 66.7 Å². The fourth-order valence-electron chi connectivity index (χ4n) is 2.15. The van der Waals surface area contributed by atoms with Gasteiger partial charge in [0.2, 0.25) is 0 Å². The van der Waals surface area contributed by atoms with Crippen LogP contribution in [0.15, 0.2) is 81.0 Å². The summed E-state index contributed by atoms with van der Waals surface area (Å²) in [7, 11) is 0. The molecule has 3 N–H and O–H groups in total. The number of anilines is 1. The molecule has 1 atom stereocenters. The number of rotatable bonds is 7. The first-order chi connectivity index (χ1) is 18.2. The minimum atomic E-state index is -0.518. The fraction of sp³-hybridized carbons (Fsp3) is 0.484. The van der Waals surface area contributed by atoms with Crippen LogP contribution in [-0.4, -0.2) is 48.5 Å². The van der Waals surface area contributed by atoms with E-state index in [0.29, 0.717) is 12.1 Å². The van der Waals surface area contributed by atoms with Crippen molar-refractivity contribution in [3.8, 4) is 0 Å². The van der Waals surface area contributed by atoms with Crippen molar-refractivity contribution in [3.05, 3.63) is 81.0 Å². The minimum absolute atomic E-state index is 0.125. The van der Waals surface area contributed by atoms with E-state index in [-0.39, 0.29) is 25.0 Å². The monoisotopic (exact) mass is 536 g/mol. The van der Waals surface area contributed by atoms with Gasteiger partial charge in [-0.2, -0.15) is 0 Å². The number of hydrogen-bond acceptors (Lipinski definition) is 5. The molecule has 0 spiro atoms. The molecule has 0 aliphatic carbocycles. The van der Waals surface area contributed by atoms with Crippen LogP contribution < -0.4 is 10.4 Å². The molecule has 1 aromatic carbocycles. The van der Waals surface area contributed by atoms with Gasteiger partial charge in [0.1, 0.15) is 5.92 Å². The molecule has 0 bridgehead atoms. The third kappa shape index (κ3) is 33.0. The summed E-state index contributed by atoms with van der Waals surface area (Å²) >= 11 is 0. The first-order valence-corrected chi connectivity index (χ1v) is 13.0. The van der Waals surface area contributed by atoms with Gasteiger partial charge in [0.05, 0.1) is 18.9 Å². The van der Waals surface area contributed by atoms with E-state index in [9.17, 15) is 9.59 Å². The van der Waals surface area contributed by atoms with Crippen LogP contribution in [0.1, 0.15) is 67.7 Å². The summed E-state index contributed by atoms with van der Waals surface area (Å²) in [5.41, 5.74) is 3.34. The maximum Gasteiger partial charge on any atom is 0.258 e. The summed E-state index contributed by atoms with van der Waals surface area (Å²) in [6, 6.07) is 9.17. The van der Waals surface area contributed by atoms with Crippen molar-refractivity contribution in [1.29, 1.82) is 0 Å². The van der Waals surface area contributed by atoms with Gasteiger partial charge in [-0.1, -0.05) is 62.3 Å². The Balaban J connectivity index is -0.000000142. The standard InChI is InChI=1S/C13H16N2O2.C4H10O.4C3H6.C2H6O2/c1-2-3-9-11-12(16)14-15(13(11)17)10-7-5-4-6-8-10;1-3-5-4-2;4*1-3-2;3-1-2-4/h4-8,11H,2-3,9H2,1H3,(H,14,16);3-4H2,1-2H3;4*3H,1H2,2H3;3-4H,1-2H2. The van der Waals surface area contributed by atoms with E-state index in [1.165, 1.54) is 5.01 Å². The van der Waals surface area contributed by atoms with Crippen LogP contribution in [0.25, 0.3) is 0 Å². The minimum Gasteiger partial charge on any atom is -0.394 e. The maximum absolute atomic E-state index is 12.1. The summed E-state index contributed by atoms with van der Waals surface area (Å²) in [6.45, 7) is 28.5. The van der Waals surface area contributed by atoms with Gasteiger partial charge in [0, 0.05) is 13.2 Å². The molecule has 1 aliphatic rings. The molecule has 1 saturated heterocycles. The third-order valence-corrected chi connectivity index (χ3v) is 3.43. The molecule has 2 amide bonds. The zero-order valence-electron chi connectivity index (χ0n) is 25.1. The van der Waals surface area contributed by atoms with Crippen molar-refractivity contribution < 1.29 is 24.5 Å². The van der Waals surface area contributed by atoms with Crippen molar-refractivity contribution in [2.24, 2.45) is 5.92 Å². The van der Waals surface area contributed by atoms with Crippen LogP contribution in [0.5, 0.6) is 0 Å². The summed E-state index contributed by atoms with van der Waals surface area (Å²) in [5.74, 6) is -0.850. The molecule has 38 heavy (non-hydrogen) atoms. The first kappa shape index (κ1) is 45.0. The highest BCUT2D eigenvalue weighted by atomic mass is 16.5. The molecule has 220 valence electrons. The van der Waals surface area contributed by atoms with E-state index in [1.54, 1.807) is 36.4 Å². The first-order valence-electron chi connectivity index (χ1n) is 13.0. The molecule has 1 heterocycles. The van der Waals surface area contributed by atoms with Crippen LogP contribution in [0, 0.1) is 5.92 Å². The van der Waals surface area contributed by atoms with Gasteiger partial charge >= 0.3 is 0 Å².